The van der Waals surface area contributed by atoms with E-state index in [2.05, 4.69) is 5.32 Å². The lowest BCUT2D eigenvalue weighted by Crippen LogP contribution is -2.18. The van der Waals surface area contributed by atoms with Gasteiger partial charge in [-0.05, 0) is 30.4 Å². The van der Waals surface area contributed by atoms with Crippen LogP contribution in [0.3, 0.4) is 0 Å². The summed E-state index contributed by atoms with van der Waals surface area (Å²) in [5.74, 6) is -0.873. The van der Waals surface area contributed by atoms with Gasteiger partial charge in [-0.1, -0.05) is 55.2 Å². The fourth-order valence-electron chi connectivity index (χ4n) is 3.35. The number of amides is 1. The molecule has 0 saturated heterocycles. The van der Waals surface area contributed by atoms with Crippen molar-refractivity contribution in [3.05, 3.63) is 40.4 Å². The Morgan fingerprint density at radius 3 is 2.65 bits per heavy atom. The van der Waals surface area contributed by atoms with E-state index in [1.165, 1.54) is 11.3 Å². The number of halogens is 2. The molecule has 0 bridgehead atoms. The van der Waals surface area contributed by atoms with Crippen LogP contribution in [0.2, 0.25) is 0 Å². The predicted molar refractivity (Wildman–Crippen MR) is 107 cm³/mol. The van der Waals surface area contributed by atoms with Crippen LogP contribution in [-0.2, 0) is 9.53 Å². The molecule has 1 amide bonds. The summed E-state index contributed by atoms with van der Waals surface area (Å²) in [7, 11) is 0. The summed E-state index contributed by atoms with van der Waals surface area (Å²) >= 11 is 12.9. The van der Waals surface area contributed by atoms with Crippen LogP contribution in [0.5, 0.6) is 0 Å². The van der Waals surface area contributed by atoms with E-state index in [4.69, 9.17) is 27.9 Å². The van der Waals surface area contributed by atoms with Gasteiger partial charge in [0.2, 0.25) is 5.91 Å². The van der Waals surface area contributed by atoms with Crippen molar-refractivity contribution in [1.29, 1.82) is 0 Å². The second kappa shape index (κ2) is 7.22. The average molecular weight is 412 g/mol. The third-order valence-corrected chi connectivity index (χ3v) is 6.15. The van der Waals surface area contributed by atoms with E-state index in [-0.39, 0.29) is 34.3 Å². The number of benzene rings is 1. The van der Waals surface area contributed by atoms with Crippen LogP contribution >= 0.6 is 34.5 Å². The molecule has 2 atom stereocenters. The summed E-state index contributed by atoms with van der Waals surface area (Å²) in [5, 5.41) is 4.21. The van der Waals surface area contributed by atoms with Gasteiger partial charge in [-0.2, -0.15) is 0 Å². The van der Waals surface area contributed by atoms with Crippen LogP contribution in [0.4, 0.5) is 5.00 Å². The number of thiophene rings is 1. The van der Waals surface area contributed by atoms with Gasteiger partial charge in [0.05, 0.1) is 12.5 Å². The van der Waals surface area contributed by atoms with Gasteiger partial charge in [0.1, 0.15) is 15.1 Å². The van der Waals surface area contributed by atoms with Crippen molar-refractivity contribution in [3.63, 3.8) is 0 Å². The minimum atomic E-state index is -0.435. The van der Waals surface area contributed by atoms with Crippen molar-refractivity contribution in [2.75, 3.05) is 11.9 Å². The molecule has 3 rings (SSSR count). The van der Waals surface area contributed by atoms with E-state index >= 15 is 0 Å². The predicted octanol–water partition coefficient (Wildman–Crippen LogP) is 5.61. The number of fused-ring (bicyclic) bond motifs is 1. The Hall–Kier alpha value is -1.56. The molecule has 1 aromatic carbocycles. The molecule has 1 saturated carbocycles. The molecule has 2 aromatic rings. The summed E-state index contributed by atoms with van der Waals surface area (Å²) in [5.41, 5.74) is 0.168. The summed E-state index contributed by atoms with van der Waals surface area (Å²) in [6.07, 6.45) is 1.70. The van der Waals surface area contributed by atoms with E-state index in [1.54, 1.807) is 13.0 Å². The summed E-state index contributed by atoms with van der Waals surface area (Å²) < 4.78 is 6.26. The highest BCUT2D eigenvalue weighted by Crippen LogP contribution is 2.60. The number of nitrogens with one attached hydrogen (secondary N) is 1. The van der Waals surface area contributed by atoms with Gasteiger partial charge in [-0.25, -0.2) is 4.79 Å². The summed E-state index contributed by atoms with van der Waals surface area (Å²) in [6.45, 7) is 6.01. The van der Waals surface area contributed by atoms with Gasteiger partial charge in [0, 0.05) is 10.1 Å². The molecule has 0 aliphatic heterocycles. The van der Waals surface area contributed by atoms with E-state index in [9.17, 15) is 9.59 Å². The Bertz CT molecular complexity index is 899. The zero-order valence-corrected chi connectivity index (χ0v) is 17.0. The Balaban J connectivity index is 1.92. The van der Waals surface area contributed by atoms with Gasteiger partial charge in [0.15, 0.2) is 0 Å². The third-order valence-electron chi connectivity index (χ3n) is 4.81. The van der Waals surface area contributed by atoms with Crippen molar-refractivity contribution in [3.8, 4) is 0 Å². The quantitative estimate of drug-likeness (QED) is 0.650. The number of rotatable bonds is 5. The lowest BCUT2D eigenvalue weighted by molar-refractivity contribution is -0.118. The number of carbonyl (C=O) groups is 2. The Labute approximate surface area is 166 Å². The van der Waals surface area contributed by atoms with Crippen molar-refractivity contribution in [1.82, 2.24) is 0 Å². The molecule has 138 valence electrons. The van der Waals surface area contributed by atoms with Gasteiger partial charge in [0.25, 0.3) is 0 Å². The summed E-state index contributed by atoms with van der Waals surface area (Å²) in [6, 6.07) is 7.52. The van der Waals surface area contributed by atoms with Crippen LogP contribution in [0.25, 0.3) is 10.1 Å². The van der Waals surface area contributed by atoms with Crippen LogP contribution in [0.15, 0.2) is 34.8 Å². The van der Waals surface area contributed by atoms with Crippen LogP contribution in [0, 0.1) is 17.3 Å². The monoisotopic (exact) mass is 411 g/mol. The number of hydrogen-bond acceptors (Lipinski definition) is 4. The molecule has 0 unspecified atom stereocenters. The first-order valence-corrected chi connectivity index (χ1v) is 9.87. The maximum Gasteiger partial charge on any atom is 0.341 e. The largest absolute Gasteiger partial charge is 0.462 e. The number of carbonyl (C=O) groups excluding carboxylic acids is 2. The highest BCUT2D eigenvalue weighted by Gasteiger charge is 2.60. The van der Waals surface area contributed by atoms with Crippen molar-refractivity contribution < 1.29 is 14.3 Å². The first kappa shape index (κ1) is 19.2. The lowest BCUT2D eigenvalue weighted by atomic mass is 10.1. The zero-order chi connectivity index (χ0) is 19.1. The highest BCUT2D eigenvalue weighted by atomic mass is 35.5. The first-order chi connectivity index (χ1) is 12.3. The fourth-order valence-corrected chi connectivity index (χ4v) is 4.72. The molecule has 1 N–H and O–H groups in total. The van der Waals surface area contributed by atoms with Gasteiger partial charge in [-0.3, -0.25) is 4.79 Å². The van der Waals surface area contributed by atoms with Crippen molar-refractivity contribution in [2.45, 2.75) is 20.8 Å². The Morgan fingerprint density at radius 1 is 1.31 bits per heavy atom. The lowest BCUT2D eigenvalue weighted by Gasteiger charge is -2.07. The molecule has 1 heterocycles. The summed E-state index contributed by atoms with van der Waals surface area (Å²) in [4.78, 5) is 25.3. The van der Waals surface area contributed by atoms with Crippen molar-refractivity contribution in [2.24, 2.45) is 17.3 Å². The molecule has 1 aliphatic carbocycles. The number of esters is 1. The van der Waals surface area contributed by atoms with Gasteiger partial charge >= 0.3 is 5.97 Å². The molecular weight excluding hydrogens is 393 g/mol. The fraction of sp³-hybridized carbons (Fsp3) is 0.368. The van der Waals surface area contributed by atoms with Crippen LogP contribution in [-0.4, -0.2) is 18.5 Å². The van der Waals surface area contributed by atoms with E-state index in [1.807, 2.05) is 38.1 Å². The number of allylic oxidation sites excluding steroid dienone is 1. The molecule has 1 fully saturated rings. The molecule has 1 aliphatic rings. The second-order valence-corrected chi connectivity index (χ2v) is 8.85. The average Bonchev–Trinajstić information content (AvgIpc) is 2.92. The molecule has 7 heteroatoms. The molecule has 4 nitrogen and oxygen atoms in total. The molecular formula is C19H19Cl2NO3S. The minimum absolute atomic E-state index is 0.0343. The maximum atomic E-state index is 12.8. The number of hydrogen-bond donors (Lipinski definition) is 1. The van der Waals surface area contributed by atoms with E-state index in [0.29, 0.717) is 10.6 Å². The Morgan fingerprint density at radius 2 is 2.00 bits per heavy atom. The molecule has 1 aromatic heterocycles. The molecule has 0 radical (unpaired) electrons. The van der Waals surface area contributed by atoms with E-state index < -0.39 is 5.97 Å². The zero-order valence-electron chi connectivity index (χ0n) is 14.6. The molecule has 26 heavy (non-hydrogen) atoms. The third kappa shape index (κ3) is 3.48. The minimum Gasteiger partial charge on any atom is -0.462 e. The van der Waals surface area contributed by atoms with Gasteiger partial charge < -0.3 is 10.1 Å². The topological polar surface area (TPSA) is 55.4 Å². The molecule has 0 spiro atoms. The maximum absolute atomic E-state index is 12.8. The van der Waals surface area contributed by atoms with Gasteiger partial charge in [-0.15, -0.1) is 11.3 Å². The van der Waals surface area contributed by atoms with Crippen LogP contribution in [0.1, 0.15) is 31.1 Å². The van der Waals surface area contributed by atoms with Crippen molar-refractivity contribution >= 4 is 61.5 Å². The van der Waals surface area contributed by atoms with E-state index in [0.717, 1.165) is 10.1 Å². The number of anilines is 1. The normalized spacial score (nSPS) is 20.5. The standard InChI is InChI=1S/C19H19Cl2NO3S/c1-4-25-18(24)14-10-7-5-6-8-12(10)26-17(14)22-16(23)15-11(9-13(20)21)19(15,2)3/h5-9,11,15H,4H2,1-3H3,(H,22,23)/t11-,15+/m0/s1. The Kier molecular flexibility index (Phi) is 5.33. The number of ether oxygens (including phenoxy) is 1. The highest BCUT2D eigenvalue weighted by molar-refractivity contribution is 7.23. The SMILES string of the molecule is CCOC(=O)c1c(NC(=O)[C@H]2[C@H](C=C(Cl)Cl)C2(C)C)sc2ccccc12. The smallest absolute Gasteiger partial charge is 0.341 e. The van der Waals surface area contributed by atoms with Crippen LogP contribution < -0.4 is 5.32 Å². The first-order valence-electron chi connectivity index (χ1n) is 8.29. The second-order valence-electron chi connectivity index (χ2n) is 6.79.